The summed E-state index contributed by atoms with van der Waals surface area (Å²) in [5.41, 5.74) is 0. The molecule has 2 atom stereocenters. The van der Waals surface area contributed by atoms with Gasteiger partial charge in [-0.15, -0.1) is 22.0 Å². The molecular weight excluding hydrogens is 264 g/mol. The molecule has 2 heterocycles. The van der Waals surface area contributed by atoms with E-state index >= 15 is 0 Å². The van der Waals surface area contributed by atoms with Crippen LogP contribution in [-0.4, -0.2) is 43.3 Å². The number of aliphatic hydroxyl groups excluding tert-OH is 1. The number of tetrazole rings is 1. The first kappa shape index (κ1) is 12.4. The fourth-order valence-electron chi connectivity index (χ4n) is 1.95. The molecule has 1 aromatic carbocycles. The fraction of sp³-hybridized carbons (Fsp3) is 0.417. The molecule has 19 heavy (non-hydrogen) atoms. The van der Waals surface area contributed by atoms with Crippen LogP contribution in [0.2, 0.25) is 0 Å². The summed E-state index contributed by atoms with van der Waals surface area (Å²) in [6.07, 6.45) is -0.532. The molecule has 1 N–H and O–H groups in total. The molecule has 1 aliphatic rings. The molecule has 1 aliphatic heterocycles. The van der Waals surface area contributed by atoms with Crippen molar-refractivity contribution >= 4 is 11.8 Å². The van der Waals surface area contributed by atoms with Crippen LogP contribution in [0.5, 0.6) is 5.75 Å². The number of fused-ring (bicyclic) bond motifs is 1. The first-order valence-corrected chi connectivity index (χ1v) is 7.00. The van der Waals surface area contributed by atoms with Crippen LogP contribution >= 0.6 is 11.8 Å². The zero-order valence-electron chi connectivity index (χ0n) is 10.4. The molecule has 0 saturated carbocycles. The van der Waals surface area contributed by atoms with E-state index in [1.165, 1.54) is 4.80 Å². The highest BCUT2D eigenvalue weighted by Gasteiger charge is 2.27. The Labute approximate surface area is 114 Å². The Hall–Kier alpha value is -1.60. The smallest absolute Gasteiger partial charge is 0.177 e. The molecule has 100 valence electrons. The van der Waals surface area contributed by atoms with E-state index < -0.39 is 6.10 Å². The van der Waals surface area contributed by atoms with Crippen LogP contribution in [-0.2, 0) is 13.5 Å². The van der Waals surface area contributed by atoms with Crippen molar-refractivity contribution in [2.75, 3.05) is 5.75 Å². The van der Waals surface area contributed by atoms with Crippen molar-refractivity contribution in [2.45, 2.75) is 23.5 Å². The second-order valence-corrected chi connectivity index (χ2v) is 5.44. The van der Waals surface area contributed by atoms with Gasteiger partial charge in [0.2, 0.25) is 0 Å². The molecular formula is C12H14N4O2S. The number of benzene rings is 1. The normalized spacial score (nSPS) is 19.6. The van der Waals surface area contributed by atoms with Gasteiger partial charge in [0.25, 0.3) is 0 Å². The second kappa shape index (κ2) is 5.18. The summed E-state index contributed by atoms with van der Waals surface area (Å²) in [7, 11) is 1.70. The topological polar surface area (TPSA) is 73.1 Å². The van der Waals surface area contributed by atoms with Gasteiger partial charge in [-0.1, -0.05) is 12.1 Å². The first-order chi connectivity index (χ1) is 9.22. The van der Waals surface area contributed by atoms with E-state index in [1.54, 1.807) is 18.8 Å². The summed E-state index contributed by atoms with van der Waals surface area (Å²) < 4.78 is 5.82. The van der Waals surface area contributed by atoms with Gasteiger partial charge in [0.15, 0.2) is 5.82 Å². The number of aromatic nitrogens is 4. The van der Waals surface area contributed by atoms with Crippen LogP contribution in [0.15, 0.2) is 29.2 Å². The summed E-state index contributed by atoms with van der Waals surface area (Å²) >= 11 is 1.69. The zero-order valence-corrected chi connectivity index (χ0v) is 11.2. The molecule has 7 heteroatoms. The molecule has 6 nitrogen and oxygen atoms in total. The molecule has 0 radical (unpaired) electrons. The van der Waals surface area contributed by atoms with Gasteiger partial charge in [0.1, 0.15) is 11.9 Å². The van der Waals surface area contributed by atoms with E-state index in [0.717, 1.165) is 16.4 Å². The quantitative estimate of drug-likeness (QED) is 0.889. The van der Waals surface area contributed by atoms with Gasteiger partial charge in [-0.05, 0) is 17.3 Å². The molecule has 0 amide bonds. The average Bonchev–Trinajstić information content (AvgIpc) is 2.83. The number of aliphatic hydroxyl groups is 1. The van der Waals surface area contributed by atoms with Crippen molar-refractivity contribution in [3.05, 3.63) is 30.1 Å². The summed E-state index contributed by atoms with van der Waals surface area (Å²) in [5.74, 6) is 2.08. The van der Waals surface area contributed by atoms with Gasteiger partial charge in [0, 0.05) is 17.1 Å². The van der Waals surface area contributed by atoms with Gasteiger partial charge in [-0.25, -0.2) is 0 Å². The third kappa shape index (κ3) is 2.71. The minimum absolute atomic E-state index is 0.247. The summed E-state index contributed by atoms with van der Waals surface area (Å²) in [4.78, 5) is 2.50. The SMILES string of the molecule is Cn1nnc(CC(O)C2CSc3ccccc3O2)n1. The number of para-hydroxylation sites is 1. The van der Waals surface area contributed by atoms with Crippen LogP contribution in [0.3, 0.4) is 0 Å². The van der Waals surface area contributed by atoms with Crippen molar-refractivity contribution in [3.63, 3.8) is 0 Å². The molecule has 0 fully saturated rings. The summed E-state index contributed by atoms with van der Waals surface area (Å²) in [6, 6.07) is 7.85. The number of hydrogen-bond acceptors (Lipinski definition) is 6. The van der Waals surface area contributed by atoms with Crippen molar-refractivity contribution in [2.24, 2.45) is 7.05 Å². The number of hydrogen-bond donors (Lipinski definition) is 1. The van der Waals surface area contributed by atoms with Crippen molar-refractivity contribution < 1.29 is 9.84 Å². The van der Waals surface area contributed by atoms with Gasteiger partial charge in [-0.2, -0.15) is 4.80 Å². The number of thioether (sulfide) groups is 1. The lowest BCUT2D eigenvalue weighted by Crippen LogP contribution is -2.37. The maximum absolute atomic E-state index is 10.2. The van der Waals surface area contributed by atoms with Crippen molar-refractivity contribution in [3.8, 4) is 5.75 Å². The number of rotatable bonds is 3. The highest BCUT2D eigenvalue weighted by atomic mass is 32.2. The van der Waals surface area contributed by atoms with Gasteiger partial charge in [0.05, 0.1) is 13.2 Å². The fourth-order valence-corrected chi connectivity index (χ4v) is 3.02. The van der Waals surface area contributed by atoms with Crippen LogP contribution in [0.1, 0.15) is 5.82 Å². The van der Waals surface area contributed by atoms with Crippen LogP contribution in [0.25, 0.3) is 0 Å². The number of ether oxygens (including phenoxy) is 1. The lowest BCUT2D eigenvalue weighted by atomic mass is 10.1. The number of aryl methyl sites for hydroxylation is 1. The third-order valence-electron chi connectivity index (χ3n) is 2.90. The molecule has 0 saturated heterocycles. The average molecular weight is 278 g/mol. The Morgan fingerprint density at radius 3 is 3.16 bits per heavy atom. The van der Waals surface area contributed by atoms with Crippen LogP contribution < -0.4 is 4.74 Å². The van der Waals surface area contributed by atoms with E-state index in [1.807, 2.05) is 24.3 Å². The molecule has 0 aliphatic carbocycles. The lowest BCUT2D eigenvalue weighted by molar-refractivity contribution is 0.0455. The summed E-state index contributed by atoms with van der Waals surface area (Å²) in [6.45, 7) is 0. The Morgan fingerprint density at radius 2 is 2.37 bits per heavy atom. The summed E-state index contributed by atoms with van der Waals surface area (Å²) in [5, 5.41) is 21.9. The van der Waals surface area contributed by atoms with Gasteiger partial charge >= 0.3 is 0 Å². The maximum atomic E-state index is 10.2. The lowest BCUT2D eigenvalue weighted by Gasteiger charge is -2.28. The highest BCUT2D eigenvalue weighted by molar-refractivity contribution is 7.99. The van der Waals surface area contributed by atoms with E-state index in [2.05, 4.69) is 15.4 Å². The van der Waals surface area contributed by atoms with E-state index in [0.29, 0.717) is 12.2 Å². The van der Waals surface area contributed by atoms with Crippen LogP contribution in [0.4, 0.5) is 0 Å². The Kier molecular flexibility index (Phi) is 3.39. The predicted molar refractivity (Wildman–Crippen MR) is 70.1 cm³/mol. The third-order valence-corrected chi connectivity index (χ3v) is 4.04. The second-order valence-electron chi connectivity index (χ2n) is 4.38. The van der Waals surface area contributed by atoms with Crippen molar-refractivity contribution in [1.29, 1.82) is 0 Å². The molecule has 0 bridgehead atoms. The molecule has 2 aromatic rings. The molecule has 1 aromatic heterocycles. The first-order valence-electron chi connectivity index (χ1n) is 6.02. The Balaban J connectivity index is 1.67. The van der Waals surface area contributed by atoms with Gasteiger partial charge in [-0.3, -0.25) is 0 Å². The molecule has 2 unspecified atom stereocenters. The monoisotopic (exact) mass is 278 g/mol. The standard InChI is InChI=1S/C12H14N4O2S/c1-16-14-12(13-15-16)6-8(17)10-7-19-11-5-3-2-4-9(11)18-10/h2-5,8,10,17H,6-7H2,1H3. The minimum Gasteiger partial charge on any atom is -0.486 e. The van der Waals surface area contributed by atoms with Crippen LogP contribution in [0, 0.1) is 0 Å². The predicted octanol–water partition coefficient (Wildman–Crippen LogP) is 0.667. The minimum atomic E-state index is -0.634. The molecule has 0 spiro atoms. The Bertz CT molecular complexity index is 574. The zero-order chi connectivity index (χ0) is 13.2. The molecule has 3 rings (SSSR count). The largest absolute Gasteiger partial charge is 0.486 e. The van der Waals surface area contributed by atoms with Crippen molar-refractivity contribution in [1.82, 2.24) is 20.2 Å². The number of nitrogens with zero attached hydrogens (tertiary/aromatic N) is 4. The van der Waals surface area contributed by atoms with E-state index in [4.69, 9.17) is 4.74 Å². The van der Waals surface area contributed by atoms with Gasteiger partial charge < -0.3 is 9.84 Å². The highest BCUT2D eigenvalue weighted by Crippen LogP contribution is 2.35. The van der Waals surface area contributed by atoms with E-state index in [-0.39, 0.29) is 6.10 Å². The maximum Gasteiger partial charge on any atom is 0.177 e. The Morgan fingerprint density at radius 1 is 1.53 bits per heavy atom. The van der Waals surface area contributed by atoms with E-state index in [9.17, 15) is 5.11 Å².